The number of fused-ring (bicyclic) bond motifs is 6. The maximum Gasteiger partial charge on any atom is 0.162 e. The minimum atomic E-state index is -0.213. The predicted octanol–water partition coefficient (Wildman–Crippen LogP) is 11.4. The highest BCUT2D eigenvalue weighted by Crippen LogP contribution is 2.41. The first-order valence-electron chi connectivity index (χ1n) is 18.2. The summed E-state index contributed by atoms with van der Waals surface area (Å²) in [5.74, 6) is 0.707. The topological polar surface area (TPSA) is 43.6 Å². The van der Waals surface area contributed by atoms with Crippen molar-refractivity contribution in [2.75, 3.05) is 0 Å². The number of aromatic nitrogens is 4. The van der Waals surface area contributed by atoms with Gasteiger partial charge in [0.05, 0.1) is 27.5 Å². The Balaban J connectivity index is 1.29. The van der Waals surface area contributed by atoms with E-state index in [-0.39, 0.29) is 41.1 Å². The van der Waals surface area contributed by atoms with Gasteiger partial charge in [0.15, 0.2) is 5.82 Å². The Bertz CT molecular complexity index is 3090. The summed E-state index contributed by atoms with van der Waals surface area (Å²) in [7, 11) is 0. The summed E-state index contributed by atoms with van der Waals surface area (Å²) >= 11 is 0. The Labute approximate surface area is 288 Å². The lowest BCUT2D eigenvalue weighted by Gasteiger charge is -2.13. The summed E-state index contributed by atoms with van der Waals surface area (Å²) in [6.07, 6.45) is 1.67. The molecule has 10 rings (SSSR count). The Morgan fingerprint density at radius 1 is 0.490 bits per heavy atom. The highest BCUT2D eigenvalue weighted by atomic mass is 15.1. The molecular weight excluding hydrogens is 597 g/mol. The maximum atomic E-state index is 9.30. The average Bonchev–Trinajstić information content (AvgIpc) is 3.52. The van der Waals surface area contributed by atoms with Crippen molar-refractivity contribution in [3.63, 3.8) is 0 Å². The summed E-state index contributed by atoms with van der Waals surface area (Å²) in [5.41, 5.74) is 6.11. The predicted molar refractivity (Wildman–Crippen MR) is 203 cm³/mol. The van der Waals surface area contributed by atoms with Crippen molar-refractivity contribution >= 4 is 54.4 Å². The van der Waals surface area contributed by atoms with E-state index in [1.54, 1.807) is 12.3 Å². The molecule has 0 saturated carbocycles. The van der Waals surface area contributed by atoms with Crippen LogP contribution in [0, 0.1) is 0 Å². The van der Waals surface area contributed by atoms with E-state index >= 15 is 0 Å². The summed E-state index contributed by atoms with van der Waals surface area (Å²) in [6.45, 7) is 0. The van der Waals surface area contributed by atoms with Crippen LogP contribution in [0.3, 0.4) is 0 Å². The van der Waals surface area contributed by atoms with Crippen LogP contribution in [0.4, 0.5) is 0 Å². The third-order valence-electron chi connectivity index (χ3n) is 9.29. The largest absolute Gasteiger partial charge is 0.293 e. The molecule has 3 aromatic heterocycles. The molecule has 10 aromatic rings. The molecule has 7 aromatic carbocycles. The quantitative estimate of drug-likeness (QED) is 0.195. The molecule has 0 N–H and O–H groups in total. The van der Waals surface area contributed by atoms with E-state index in [1.165, 1.54) is 0 Å². The van der Waals surface area contributed by atoms with Crippen molar-refractivity contribution in [3.8, 4) is 39.5 Å². The second kappa shape index (κ2) is 11.0. The third-order valence-corrected chi connectivity index (χ3v) is 9.29. The number of pyridine rings is 1. The monoisotopic (exact) mass is 628 g/mol. The minimum absolute atomic E-state index is 0.0418. The normalized spacial score (nSPS) is 12.8. The van der Waals surface area contributed by atoms with Gasteiger partial charge in [0.1, 0.15) is 5.82 Å². The Morgan fingerprint density at radius 3 is 2.06 bits per heavy atom. The molecule has 0 radical (unpaired) electrons. The second-order valence-corrected chi connectivity index (χ2v) is 12.1. The van der Waals surface area contributed by atoms with E-state index in [4.69, 9.17) is 9.97 Å². The summed E-state index contributed by atoms with van der Waals surface area (Å²) in [6, 6.07) is 45.7. The Hall–Kier alpha value is -6.65. The average molecular weight is 629 g/mol. The van der Waals surface area contributed by atoms with Crippen molar-refractivity contribution in [2.24, 2.45) is 0 Å². The standard InChI is InChI=1S/C45H28N4/c1-2-11-29(12-3-1)35-18-9-21-40-42(35)38-27-33-13-4-5-14-34(33)28-41(38)49(40)45-37-17-6-7-20-39(37)47-44(48-45)32-24-22-30(23-25-32)36-19-8-15-31-16-10-26-46-43(31)36/h1-28H/i22D,23D,24D,25D. The first-order chi connectivity index (χ1) is 26.0. The van der Waals surface area contributed by atoms with E-state index in [1.807, 2.05) is 72.8 Å². The van der Waals surface area contributed by atoms with Crippen LogP contribution in [0.1, 0.15) is 5.48 Å². The van der Waals surface area contributed by atoms with Crippen LogP contribution in [-0.4, -0.2) is 19.5 Å². The lowest BCUT2D eigenvalue weighted by Crippen LogP contribution is -2.02. The molecule has 0 aliphatic heterocycles. The van der Waals surface area contributed by atoms with Gasteiger partial charge in [0.25, 0.3) is 0 Å². The molecule has 4 heteroatoms. The maximum absolute atomic E-state index is 9.30. The van der Waals surface area contributed by atoms with Gasteiger partial charge in [0, 0.05) is 38.9 Å². The number of benzene rings is 7. The first kappa shape index (κ1) is 23.6. The molecule has 49 heavy (non-hydrogen) atoms. The SMILES string of the molecule is [2H]c1c([2H])c(-c2cccc3cccnc23)c([2H])c([2H])c1-c1nc(-n2c3cc4ccccc4cc3c3c(-c4ccccc4)cccc32)c2ccccc2n1. The highest BCUT2D eigenvalue weighted by molar-refractivity contribution is 6.19. The number of rotatable bonds is 4. The highest BCUT2D eigenvalue weighted by Gasteiger charge is 2.20. The van der Waals surface area contributed by atoms with Crippen molar-refractivity contribution in [1.82, 2.24) is 19.5 Å². The molecule has 0 saturated heterocycles. The molecule has 0 aliphatic rings. The third kappa shape index (κ3) is 4.42. The number of para-hydroxylation sites is 2. The molecule has 0 fully saturated rings. The summed E-state index contributed by atoms with van der Waals surface area (Å²) in [4.78, 5) is 14.6. The van der Waals surface area contributed by atoms with E-state index < -0.39 is 0 Å². The van der Waals surface area contributed by atoms with Crippen LogP contribution < -0.4 is 0 Å². The van der Waals surface area contributed by atoms with E-state index in [0.29, 0.717) is 22.4 Å². The van der Waals surface area contributed by atoms with E-state index in [0.717, 1.165) is 54.5 Å². The van der Waals surface area contributed by atoms with Gasteiger partial charge in [-0.1, -0.05) is 127 Å². The van der Waals surface area contributed by atoms with Gasteiger partial charge < -0.3 is 0 Å². The van der Waals surface area contributed by atoms with Gasteiger partial charge in [-0.15, -0.1) is 0 Å². The fourth-order valence-electron chi connectivity index (χ4n) is 7.05. The van der Waals surface area contributed by atoms with Crippen molar-refractivity contribution in [2.45, 2.75) is 0 Å². The van der Waals surface area contributed by atoms with Gasteiger partial charge in [-0.3, -0.25) is 9.55 Å². The molecule has 4 nitrogen and oxygen atoms in total. The molecular formula is C45H28N4. The summed E-state index contributed by atoms with van der Waals surface area (Å²) < 4.78 is 39.2. The van der Waals surface area contributed by atoms with Crippen molar-refractivity contribution in [1.29, 1.82) is 0 Å². The molecule has 0 amide bonds. The van der Waals surface area contributed by atoms with Crippen LogP contribution in [0.2, 0.25) is 0 Å². The number of hydrogen-bond donors (Lipinski definition) is 0. The Morgan fingerprint density at radius 2 is 1.18 bits per heavy atom. The van der Waals surface area contributed by atoms with E-state index in [9.17, 15) is 5.48 Å². The van der Waals surface area contributed by atoms with Crippen molar-refractivity contribution in [3.05, 3.63) is 170 Å². The van der Waals surface area contributed by atoms with Crippen LogP contribution in [0.5, 0.6) is 0 Å². The Kier molecular flexibility index (Phi) is 5.29. The summed E-state index contributed by atoms with van der Waals surface area (Å²) in [5, 5.41) is 6.01. The van der Waals surface area contributed by atoms with Gasteiger partial charge in [-0.2, -0.15) is 0 Å². The zero-order valence-corrected chi connectivity index (χ0v) is 26.1. The van der Waals surface area contributed by atoms with Gasteiger partial charge in [0.2, 0.25) is 0 Å². The molecule has 0 atom stereocenters. The lowest BCUT2D eigenvalue weighted by molar-refractivity contribution is 1.08. The number of nitrogens with zero attached hydrogens (tertiary/aromatic N) is 4. The lowest BCUT2D eigenvalue weighted by atomic mass is 9.98. The van der Waals surface area contributed by atoms with Gasteiger partial charge in [-0.25, -0.2) is 9.97 Å². The molecule has 0 aliphatic carbocycles. The van der Waals surface area contributed by atoms with Gasteiger partial charge in [-0.05, 0) is 63.9 Å². The molecule has 0 unspecified atom stereocenters. The van der Waals surface area contributed by atoms with Crippen LogP contribution >= 0.6 is 0 Å². The van der Waals surface area contributed by atoms with E-state index in [2.05, 4.69) is 70.2 Å². The van der Waals surface area contributed by atoms with Crippen molar-refractivity contribution < 1.29 is 5.48 Å². The zero-order chi connectivity index (χ0) is 35.8. The molecule has 0 bridgehead atoms. The molecule has 228 valence electrons. The molecule has 3 heterocycles. The molecule has 0 spiro atoms. The van der Waals surface area contributed by atoms with Crippen LogP contribution in [0.15, 0.2) is 170 Å². The fraction of sp³-hybridized carbons (Fsp3) is 0. The van der Waals surface area contributed by atoms with Gasteiger partial charge >= 0.3 is 0 Å². The second-order valence-electron chi connectivity index (χ2n) is 12.1. The first-order valence-corrected chi connectivity index (χ1v) is 16.2. The minimum Gasteiger partial charge on any atom is -0.293 e. The fourth-order valence-corrected chi connectivity index (χ4v) is 7.05. The smallest absolute Gasteiger partial charge is 0.162 e. The van der Waals surface area contributed by atoms with Crippen LogP contribution in [-0.2, 0) is 0 Å². The van der Waals surface area contributed by atoms with Crippen LogP contribution in [0.25, 0.3) is 93.8 Å². The zero-order valence-electron chi connectivity index (χ0n) is 30.1. The number of hydrogen-bond acceptors (Lipinski definition) is 3.